The topological polar surface area (TPSA) is 87.2 Å². The van der Waals surface area contributed by atoms with Crippen molar-refractivity contribution in [1.29, 1.82) is 0 Å². The van der Waals surface area contributed by atoms with Crippen molar-refractivity contribution in [1.82, 2.24) is 9.55 Å². The molecule has 6 nitrogen and oxygen atoms in total. The van der Waals surface area contributed by atoms with E-state index >= 15 is 0 Å². The van der Waals surface area contributed by atoms with E-state index in [1.54, 1.807) is 13.8 Å². The smallest absolute Gasteiger partial charge is 0.347 e. The van der Waals surface area contributed by atoms with Crippen LogP contribution in [0.3, 0.4) is 0 Å². The molecule has 0 fully saturated rings. The molecule has 8 heteroatoms. The average molecular weight is 337 g/mol. The third-order valence-electron chi connectivity index (χ3n) is 3.63. The van der Waals surface area contributed by atoms with E-state index in [2.05, 4.69) is 9.72 Å². The number of rotatable bonds is 3. The Morgan fingerprint density at radius 3 is 2.29 bits per heavy atom. The van der Waals surface area contributed by atoms with E-state index in [1.165, 1.54) is 12.1 Å². The largest absolute Gasteiger partial charge is 0.465 e. The number of aryl methyl sites for hydroxylation is 2. The Labute approximate surface area is 136 Å². The normalized spacial score (nSPS) is 11.4. The molecule has 0 saturated heterocycles. The van der Waals surface area contributed by atoms with Gasteiger partial charge >= 0.3 is 5.97 Å². The number of hydrogen-bond acceptors (Lipinski definition) is 5. The number of esters is 1. The summed E-state index contributed by atoms with van der Waals surface area (Å²) in [7, 11) is 1.12. The molecular formula is C16H17F2N3O3. The second-order valence-corrected chi connectivity index (χ2v) is 5.52. The number of ether oxygens (including phenoxy) is 1. The van der Waals surface area contributed by atoms with Crippen molar-refractivity contribution in [2.24, 2.45) is 0 Å². The van der Waals surface area contributed by atoms with Crippen LogP contribution in [0.4, 0.5) is 14.6 Å². The fourth-order valence-electron chi connectivity index (χ4n) is 2.51. The molecule has 0 amide bonds. The molecular weight excluding hydrogens is 320 g/mol. The summed E-state index contributed by atoms with van der Waals surface area (Å²) < 4.78 is 32.7. The minimum Gasteiger partial charge on any atom is -0.465 e. The molecule has 2 N–H and O–H groups in total. The first kappa shape index (κ1) is 17.6. The van der Waals surface area contributed by atoms with Crippen LogP contribution in [0, 0.1) is 13.8 Å². The van der Waals surface area contributed by atoms with Crippen LogP contribution in [-0.2, 0) is 10.7 Å². The van der Waals surface area contributed by atoms with Crippen LogP contribution < -0.4 is 11.3 Å². The number of anilines is 1. The number of halogens is 2. The van der Waals surface area contributed by atoms with Gasteiger partial charge in [-0.1, -0.05) is 0 Å². The Kier molecular flexibility index (Phi) is 4.42. The van der Waals surface area contributed by atoms with Crippen molar-refractivity contribution in [3.05, 3.63) is 51.1 Å². The van der Waals surface area contributed by atoms with Crippen LogP contribution in [0.5, 0.6) is 0 Å². The average Bonchev–Trinajstić information content (AvgIpc) is 2.47. The van der Waals surface area contributed by atoms with Crippen LogP contribution in [0.1, 0.15) is 34.0 Å². The van der Waals surface area contributed by atoms with E-state index < -0.39 is 23.0 Å². The number of nitrogen functional groups attached to an aromatic ring is 1. The van der Waals surface area contributed by atoms with Crippen LogP contribution in [0.25, 0.3) is 5.69 Å². The van der Waals surface area contributed by atoms with Gasteiger partial charge in [0.2, 0.25) is 0 Å². The predicted octanol–water partition coefficient (Wildman–Crippen LogP) is 2.33. The third kappa shape index (κ3) is 2.99. The maximum atomic E-state index is 13.5. The first-order chi connectivity index (χ1) is 11.1. The lowest BCUT2D eigenvalue weighted by Gasteiger charge is -2.18. The number of carbonyl (C=O) groups is 1. The van der Waals surface area contributed by atoms with Crippen LogP contribution in [0.2, 0.25) is 0 Å². The molecule has 128 valence electrons. The van der Waals surface area contributed by atoms with Crippen LogP contribution in [-0.4, -0.2) is 22.6 Å². The molecule has 0 bridgehead atoms. The second-order valence-electron chi connectivity index (χ2n) is 5.52. The molecule has 2 rings (SSSR count). The quantitative estimate of drug-likeness (QED) is 0.869. The lowest BCUT2D eigenvalue weighted by atomic mass is 10.0. The van der Waals surface area contributed by atoms with E-state index in [9.17, 15) is 18.4 Å². The number of aromatic nitrogens is 2. The SMILES string of the molecule is COC(=O)c1c(N)ncn(-c2c(C)cc(C(C)(F)F)cc2C)c1=O. The standard InChI is InChI=1S/C16H17F2N3O3/c1-8-5-10(16(3,17)18)6-9(2)12(8)21-7-20-13(19)11(14(21)22)15(23)24-4/h5-7H,19H2,1-4H3. The summed E-state index contributed by atoms with van der Waals surface area (Å²) in [5, 5.41) is 0. The minimum absolute atomic E-state index is 0.161. The van der Waals surface area contributed by atoms with Crippen molar-refractivity contribution in [2.45, 2.75) is 26.7 Å². The van der Waals surface area contributed by atoms with Crippen molar-refractivity contribution in [2.75, 3.05) is 12.8 Å². The summed E-state index contributed by atoms with van der Waals surface area (Å²) in [5.41, 5.74) is 5.54. The maximum absolute atomic E-state index is 13.5. The molecule has 0 aliphatic rings. The maximum Gasteiger partial charge on any atom is 0.347 e. The zero-order valence-corrected chi connectivity index (χ0v) is 13.7. The lowest BCUT2D eigenvalue weighted by molar-refractivity contribution is 0.0173. The van der Waals surface area contributed by atoms with Gasteiger partial charge in [0.1, 0.15) is 12.1 Å². The van der Waals surface area contributed by atoms with Gasteiger partial charge < -0.3 is 10.5 Å². The third-order valence-corrected chi connectivity index (χ3v) is 3.63. The molecule has 0 atom stereocenters. The molecule has 0 unspecified atom stereocenters. The van der Waals surface area contributed by atoms with E-state index in [0.717, 1.165) is 24.9 Å². The Balaban J connectivity index is 2.75. The summed E-state index contributed by atoms with van der Waals surface area (Å²) in [6.07, 6.45) is 1.16. The van der Waals surface area contributed by atoms with Gasteiger partial charge in [-0.05, 0) is 37.1 Å². The monoisotopic (exact) mass is 337 g/mol. The molecule has 2 aromatic rings. The number of nitrogens with zero attached hydrogens (tertiary/aromatic N) is 2. The number of benzene rings is 1. The zero-order valence-electron chi connectivity index (χ0n) is 13.7. The van der Waals surface area contributed by atoms with Gasteiger partial charge in [0.05, 0.1) is 12.8 Å². The van der Waals surface area contributed by atoms with Crippen molar-refractivity contribution in [3.63, 3.8) is 0 Å². The zero-order chi connectivity index (χ0) is 18.2. The molecule has 0 spiro atoms. The van der Waals surface area contributed by atoms with Gasteiger partial charge in [-0.25, -0.2) is 18.6 Å². The van der Waals surface area contributed by atoms with Gasteiger partial charge in [-0.2, -0.15) is 0 Å². The highest BCUT2D eigenvalue weighted by atomic mass is 19.3. The Morgan fingerprint density at radius 2 is 1.83 bits per heavy atom. The number of methoxy groups -OCH3 is 1. The Hall–Kier alpha value is -2.77. The predicted molar refractivity (Wildman–Crippen MR) is 84.6 cm³/mol. The number of carbonyl (C=O) groups excluding carboxylic acids is 1. The fourth-order valence-corrected chi connectivity index (χ4v) is 2.51. The molecule has 0 saturated carbocycles. The first-order valence-corrected chi connectivity index (χ1v) is 7.03. The summed E-state index contributed by atoms with van der Waals surface area (Å²) in [6.45, 7) is 3.99. The molecule has 0 aliphatic carbocycles. The van der Waals surface area contributed by atoms with Crippen LogP contribution >= 0.6 is 0 Å². The molecule has 1 heterocycles. The summed E-state index contributed by atoms with van der Waals surface area (Å²) in [6, 6.07) is 2.59. The van der Waals surface area contributed by atoms with Crippen LogP contribution in [0.15, 0.2) is 23.3 Å². The highest BCUT2D eigenvalue weighted by Gasteiger charge is 2.26. The Bertz CT molecular complexity index is 847. The van der Waals surface area contributed by atoms with Crippen molar-refractivity contribution < 1.29 is 18.3 Å². The van der Waals surface area contributed by atoms with Crippen molar-refractivity contribution in [3.8, 4) is 5.69 Å². The fraction of sp³-hybridized carbons (Fsp3) is 0.312. The van der Waals surface area contributed by atoms with E-state index in [1.807, 2.05) is 0 Å². The number of alkyl halides is 2. The molecule has 0 radical (unpaired) electrons. The number of hydrogen-bond donors (Lipinski definition) is 1. The van der Waals surface area contributed by atoms with Gasteiger partial charge in [0.15, 0.2) is 5.56 Å². The molecule has 0 aliphatic heterocycles. The van der Waals surface area contributed by atoms with Gasteiger partial charge in [0, 0.05) is 12.5 Å². The highest BCUT2D eigenvalue weighted by molar-refractivity contribution is 5.93. The summed E-state index contributed by atoms with van der Waals surface area (Å²) in [4.78, 5) is 28.1. The Morgan fingerprint density at radius 1 is 1.29 bits per heavy atom. The van der Waals surface area contributed by atoms with Gasteiger partial charge in [0.25, 0.3) is 11.5 Å². The first-order valence-electron chi connectivity index (χ1n) is 7.03. The minimum atomic E-state index is -3.00. The molecule has 1 aromatic carbocycles. The highest BCUT2D eigenvalue weighted by Crippen LogP contribution is 2.31. The second kappa shape index (κ2) is 6.03. The summed E-state index contributed by atoms with van der Waals surface area (Å²) >= 11 is 0. The molecule has 24 heavy (non-hydrogen) atoms. The lowest BCUT2D eigenvalue weighted by Crippen LogP contribution is -2.29. The number of nitrogens with two attached hydrogens (primary N) is 1. The summed E-state index contributed by atoms with van der Waals surface area (Å²) in [5.74, 6) is -4.17. The van der Waals surface area contributed by atoms with Crippen molar-refractivity contribution >= 4 is 11.8 Å². The van der Waals surface area contributed by atoms with E-state index in [4.69, 9.17) is 5.73 Å². The van der Waals surface area contributed by atoms with E-state index in [0.29, 0.717) is 16.8 Å². The van der Waals surface area contributed by atoms with Gasteiger partial charge in [-0.15, -0.1) is 0 Å². The van der Waals surface area contributed by atoms with Gasteiger partial charge in [-0.3, -0.25) is 9.36 Å². The molecule has 1 aromatic heterocycles. The van der Waals surface area contributed by atoms with E-state index in [-0.39, 0.29) is 11.4 Å².